The molecule has 0 heterocycles. The molecule has 1 aromatic rings. The molecule has 1 rings (SSSR count). The number of methoxy groups -OCH3 is 3. The number of rotatable bonds is 8. The van der Waals surface area contributed by atoms with Gasteiger partial charge in [-0.05, 0) is 0 Å². The molecule has 108 valence electrons. The van der Waals surface area contributed by atoms with Crippen molar-refractivity contribution in [3.05, 3.63) is 12.1 Å². The normalized spacial score (nSPS) is 10.3. The maximum atomic E-state index is 9.14. The summed E-state index contributed by atoms with van der Waals surface area (Å²) in [5.41, 5.74) is 7.39. The molecule has 3 N–H and O–H groups in total. The lowest BCUT2D eigenvalue weighted by molar-refractivity contribution is 0.203. The Hall–Kier alpha value is -1.66. The summed E-state index contributed by atoms with van der Waals surface area (Å²) in [4.78, 5) is 1.95. The van der Waals surface area contributed by atoms with Crippen LogP contribution in [-0.2, 0) is 4.74 Å². The minimum Gasteiger partial charge on any atom is -0.493 e. The molecule has 0 saturated carbocycles. The second-order valence-electron chi connectivity index (χ2n) is 3.97. The molecule has 0 spiro atoms. The van der Waals surface area contributed by atoms with E-state index in [-0.39, 0.29) is 6.61 Å². The molecule has 1 aromatic carbocycles. The Balaban J connectivity index is 3.07. The molecule has 0 unspecified atom stereocenters. The number of aliphatic hydroxyl groups is 1. The Morgan fingerprint density at radius 2 is 1.74 bits per heavy atom. The summed E-state index contributed by atoms with van der Waals surface area (Å²) < 4.78 is 15.5. The van der Waals surface area contributed by atoms with Crippen LogP contribution in [0.4, 0.5) is 11.4 Å². The van der Waals surface area contributed by atoms with E-state index >= 15 is 0 Å². The minimum atomic E-state index is 0.0392. The van der Waals surface area contributed by atoms with Crippen LogP contribution in [0, 0.1) is 0 Å². The van der Waals surface area contributed by atoms with Gasteiger partial charge < -0.3 is 30.0 Å². The van der Waals surface area contributed by atoms with E-state index in [0.717, 1.165) is 5.69 Å². The standard InChI is InChI=1S/C13H22N2O4/c1-17-7-5-15(4-6-16)11-9-13(19-3)12(18-2)8-10(11)14/h8-9,16H,4-7,14H2,1-3H3. The van der Waals surface area contributed by atoms with Crippen LogP contribution < -0.4 is 20.1 Å². The van der Waals surface area contributed by atoms with Gasteiger partial charge in [-0.2, -0.15) is 0 Å². The van der Waals surface area contributed by atoms with Crippen LogP contribution in [0.5, 0.6) is 11.5 Å². The van der Waals surface area contributed by atoms with Crippen LogP contribution in [0.2, 0.25) is 0 Å². The van der Waals surface area contributed by atoms with Crippen molar-refractivity contribution < 1.29 is 19.3 Å². The van der Waals surface area contributed by atoms with Crippen LogP contribution in [0.15, 0.2) is 12.1 Å². The average Bonchev–Trinajstić information content (AvgIpc) is 2.43. The molecule has 0 aliphatic rings. The van der Waals surface area contributed by atoms with E-state index in [1.807, 2.05) is 4.90 Å². The first-order chi connectivity index (χ1) is 9.17. The topological polar surface area (TPSA) is 77.2 Å². The van der Waals surface area contributed by atoms with Gasteiger partial charge in [0.1, 0.15) is 0 Å². The summed E-state index contributed by atoms with van der Waals surface area (Å²) >= 11 is 0. The number of hydrogen-bond donors (Lipinski definition) is 2. The molecule has 0 amide bonds. The molecule has 6 heteroatoms. The van der Waals surface area contributed by atoms with Gasteiger partial charge in [0.25, 0.3) is 0 Å². The molecule has 0 atom stereocenters. The molecule has 0 saturated heterocycles. The summed E-state index contributed by atoms with van der Waals surface area (Å²) in [7, 11) is 4.77. The van der Waals surface area contributed by atoms with E-state index in [2.05, 4.69) is 0 Å². The van der Waals surface area contributed by atoms with Crippen molar-refractivity contribution in [1.82, 2.24) is 0 Å². The fourth-order valence-corrected chi connectivity index (χ4v) is 1.83. The number of benzene rings is 1. The zero-order valence-corrected chi connectivity index (χ0v) is 11.7. The van der Waals surface area contributed by atoms with Gasteiger partial charge in [-0.1, -0.05) is 0 Å². The third-order valence-electron chi connectivity index (χ3n) is 2.81. The van der Waals surface area contributed by atoms with Crippen molar-refractivity contribution >= 4 is 11.4 Å². The summed E-state index contributed by atoms with van der Waals surface area (Å²) in [6.07, 6.45) is 0. The second-order valence-corrected chi connectivity index (χ2v) is 3.97. The molecule has 0 radical (unpaired) electrons. The summed E-state index contributed by atoms with van der Waals surface area (Å²) in [6.45, 7) is 1.70. The largest absolute Gasteiger partial charge is 0.493 e. The zero-order chi connectivity index (χ0) is 14.3. The Morgan fingerprint density at radius 1 is 1.11 bits per heavy atom. The van der Waals surface area contributed by atoms with E-state index in [1.54, 1.807) is 33.5 Å². The van der Waals surface area contributed by atoms with E-state index in [4.69, 9.17) is 25.1 Å². The smallest absolute Gasteiger partial charge is 0.162 e. The van der Waals surface area contributed by atoms with Crippen LogP contribution in [0.1, 0.15) is 0 Å². The van der Waals surface area contributed by atoms with E-state index in [9.17, 15) is 0 Å². The number of ether oxygens (including phenoxy) is 3. The SMILES string of the molecule is COCCN(CCO)c1cc(OC)c(OC)cc1N. The van der Waals surface area contributed by atoms with Crippen molar-refractivity contribution in [2.24, 2.45) is 0 Å². The second kappa shape index (κ2) is 7.70. The third kappa shape index (κ3) is 3.90. The molecule has 0 aromatic heterocycles. The number of hydrogen-bond acceptors (Lipinski definition) is 6. The molecule has 19 heavy (non-hydrogen) atoms. The third-order valence-corrected chi connectivity index (χ3v) is 2.81. The lowest BCUT2D eigenvalue weighted by Gasteiger charge is -2.26. The molecular weight excluding hydrogens is 248 g/mol. The fourth-order valence-electron chi connectivity index (χ4n) is 1.83. The van der Waals surface area contributed by atoms with Crippen molar-refractivity contribution in [3.63, 3.8) is 0 Å². The lowest BCUT2D eigenvalue weighted by atomic mass is 10.2. The maximum absolute atomic E-state index is 9.14. The van der Waals surface area contributed by atoms with Gasteiger partial charge in [-0.15, -0.1) is 0 Å². The van der Waals surface area contributed by atoms with Crippen molar-refractivity contribution in [2.75, 3.05) is 58.3 Å². The Morgan fingerprint density at radius 3 is 2.26 bits per heavy atom. The van der Waals surface area contributed by atoms with Gasteiger partial charge in [0.05, 0.1) is 38.8 Å². The van der Waals surface area contributed by atoms with Gasteiger partial charge in [0, 0.05) is 32.3 Å². The Kier molecular flexibility index (Phi) is 6.24. The number of nitrogens with zero attached hydrogens (tertiary/aromatic N) is 1. The highest BCUT2D eigenvalue weighted by Gasteiger charge is 2.14. The Bertz CT molecular complexity index is 398. The number of anilines is 2. The summed E-state index contributed by atoms with van der Waals surface area (Å²) in [6, 6.07) is 3.52. The highest BCUT2D eigenvalue weighted by atomic mass is 16.5. The predicted octanol–water partition coefficient (Wildman–Crippen LogP) is 0.731. The first-order valence-electron chi connectivity index (χ1n) is 6.04. The van der Waals surface area contributed by atoms with Crippen LogP contribution in [-0.4, -0.2) is 52.7 Å². The summed E-state index contributed by atoms with van der Waals surface area (Å²) in [5, 5.41) is 9.14. The van der Waals surface area contributed by atoms with E-state index in [0.29, 0.717) is 36.9 Å². The van der Waals surface area contributed by atoms with Crippen molar-refractivity contribution in [2.45, 2.75) is 0 Å². The maximum Gasteiger partial charge on any atom is 0.162 e. The first kappa shape index (κ1) is 15.4. The fraction of sp³-hybridized carbons (Fsp3) is 0.538. The van der Waals surface area contributed by atoms with E-state index in [1.165, 1.54) is 0 Å². The molecule has 0 aliphatic heterocycles. The zero-order valence-electron chi connectivity index (χ0n) is 11.7. The monoisotopic (exact) mass is 270 g/mol. The van der Waals surface area contributed by atoms with Gasteiger partial charge >= 0.3 is 0 Å². The molecular formula is C13H22N2O4. The average molecular weight is 270 g/mol. The van der Waals surface area contributed by atoms with Crippen molar-refractivity contribution in [1.29, 1.82) is 0 Å². The predicted molar refractivity (Wildman–Crippen MR) is 75.1 cm³/mol. The minimum absolute atomic E-state index is 0.0392. The van der Waals surface area contributed by atoms with Gasteiger partial charge in [-0.3, -0.25) is 0 Å². The van der Waals surface area contributed by atoms with Gasteiger partial charge in [0.2, 0.25) is 0 Å². The van der Waals surface area contributed by atoms with Gasteiger partial charge in [0.15, 0.2) is 11.5 Å². The summed E-state index contributed by atoms with van der Waals surface area (Å²) in [5.74, 6) is 1.19. The quantitative estimate of drug-likeness (QED) is 0.678. The highest BCUT2D eigenvalue weighted by molar-refractivity contribution is 5.73. The molecule has 0 fully saturated rings. The number of nitrogen functional groups attached to an aromatic ring is 1. The molecule has 0 aliphatic carbocycles. The van der Waals surface area contributed by atoms with Crippen LogP contribution >= 0.6 is 0 Å². The first-order valence-corrected chi connectivity index (χ1v) is 6.04. The number of nitrogens with two attached hydrogens (primary N) is 1. The van der Waals surface area contributed by atoms with Crippen LogP contribution in [0.25, 0.3) is 0 Å². The van der Waals surface area contributed by atoms with Crippen LogP contribution in [0.3, 0.4) is 0 Å². The van der Waals surface area contributed by atoms with Crippen molar-refractivity contribution in [3.8, 4) is 11.5 Å². The van der Waals surface area contributed by atoms with Gasteiger partial charge in [-0.25, -0.2) is 0 Å². The Labute approximate surface area is 113 Å². The lowest BCUT2D eigenvalue weighted by Crippen LogP contribution is -2.30. The highest BCUT2D eigenvalue weighted by Crippen LogP contribution is 2.36. The molecule has 0 bridgehead atoms. The molecule has 6 nitrogen and oxygen atoms in total. The number of aliphatic hydroxyl groups excluding tert-OH is 1. The van der Waals surface area contributed by atoms with E-state index < -0.39 is 0 Å².